The molecule has 0 unspecified atom stereocenters. The Morgan fingerprint density at radius 1 is 0.615 bits per heavy atom. The molecule has 0 heterocycles. The predicted octanol–water partition coefficient (Wildman–Crippen LogP) is 11.2. The van der Waals surface area contributed by atoms with Gasteiger partial charge >= 0.3 is 37.9 Å². The summed E-state index contributed by atoms with van der Waals surface area (Å²) in [6.45, 7) is 4.96. The summed E-state index contributed by atoms with van der Waals surface area (Å²) in [7, 11) is 7.73. The van der Waals surface area contributed by atoms with E-state index in [1.165, 1.54) is 76.6 Å². The Balaban J connectivity index is 0.000000983. The van der Waals surface area contributed by atoms with Crippen LogP contribution in [0.3, 0.4) is 0 Å². The van der Waals surface area contributed by atoms with Crippen molar-refractivity contribution < 1.29 is 20.8 Å². The molecule has 0 aliphatic heterocycles. The Morgan fingerprint density at radius 3 is 1.33 bits per heavy atom. The van der Waals surface area contributed by atoms with Crippen molar-refractivity contribution in [2.75, 3.05) is 0 Å². The van der Waals surface area contributed by atoms with Gasteiger partial charge in [0.15, 0.2) is 0 Å². The summed E-state index contributed by atoms with van der Waals surface area (Å²) in [6.07, 6.45) is 9.02. The summed E-state index contributed by atoms with van der Waals surface area (Å²) in [4.78, 5) is 0. The van der Waals surface area contributed by atoms with Gasteiger partial charge in [0.05, 0.1) is 8.07 Å². The molecule has 0 N–H and O–H groups in total. The van der Waals surface area contributed by atoms with Crippen molar-refractivity contribution in [2.24, 2.45) is 0 Å². The van der Waals surface area contributed by atoms with Crippen LogP contribution in [0.1, 0.15) is 72.4 Å². The fourth-order valence-electron chi connectivity index (χ4n) is 7.04. The number of halogens is 2. The minimum atomic E-state index is -2.14. The first-order chi connectivity index (χ1) is 19.2. The fourth-order valence-corrected chi connectivity index (χ4v) is 12.1. The molecule has 6 rings (SSSR count). The van der Waals surface area contributed by atoms with E-state index in [0.717, 1.165) is 0 Å². The molecule has 0 fully saturated rings. The standard InChI is InChI=1S/C35H36Si.2ClH.Zr/c1-3-4-5-6-7-16-25-36(2,34-30-21-12-8-17-26(30)27-18-9-13-22-31(27)34)35-32-23-14-10-19-28(32)29-20-11-15-24-33(29)35;;;/h8-25,34-35H,3-7H2,1-2H3;2*1H;/q;;;+2/p-2/b25-16+;;;. The molecule has 2 aliphatic rings. The zero-order valence-corrected chi connectivity index (χ0v) is 27.8. The first kappa shape index (κ1) is 28.8. The van der Waals surface area contributed by atoms with E-state index in [2.05, 4.69) is 122 Å². The van der Waals surface area contributed by atoms with Crippen molar-refractivity contribution in [3.63, 3.8) is 0 Å². The van der Waals surface area contributed by atoms with E-state index in [0.29, 0.717) is 11.1 Å². The molecule has 4 aromatic rings. The molecule has 0 saturated heterocycles. The number of hydrogen-bond donors (Lipinski definition) is 0. The van der Waals surface area contributed by atoms with Crippen LogP contribution in [0.15, 0.2) is 109 Å². The molecule has 0 spiro atoms. The van der Waals surface area contributed by atoms with E-state index >= 15 is 0 Å². The molecule has 0 bridgehead atoms. The van der Waals surface area contributed by atoms with Crippen LogP contribution in [0.4, 0.5) is 0 Å². The molecule has 0 saturated carbocycles. The maximum absolute atomic E-state index is 4.93. The molecule has 198 valence electrons. The van der Waals surface area contributed by atoms with Gasteiger partial charge < -0.3 is 0 Å². The third kappa shape index (κ3) is 5.60. The first-order valence-electron chi connectivity index (χ1n) is 14.2. The summed E-state index contributed by atoms with van der Waals surface area (Å²) >= 11 is -0.826. The molecular weight excluding hydrogens is 611 g/mol. The van der Waals surface area contributed by atoms with Crippen LogP contribution < -0.4 is 0 Å². The van der Waals surface area contributed by atoms with Crippen molar-refractivity contribution in [1.82, 2.24) is 0 Å². The molecule has 0 nitrogen and oxygen atoms in total. The van der Waals surface area contributed by atoms with Crippen LogP contribution in [-0.2, 0) is 20.8 Å². The summed E-state index contributed by atoms with van der Waals surface area (Å²) in [5, 5.41) is 0. The van der Waals surface area contributed by atoms with Gasteiger partial charge in [-0.2, -0.15) is 0 Å². The Morgan fingerprint density at radius 2 is 0.974 bits per heavy atom. The summed E-state index contributed by atoms with van der Waals surface area (Å²) < 4.78 is 0. The second kappa shape index (κ2) is 13.3. The number of allylic oxidation sites excluding steroid dienone is 1. The number of rotatable bonds is 8. The quantitative estimate of drug-likeness (QED) is 0.132. The Hall–Kier alpha value is -1.70. The van der Waals surface area contributed by atoms with Crippen LogP contribution in [0, 0.1) is 0 Å². The van der Waals surface area contributed by atoms with Gasteiger partial charge in [0, 0.05) is 11.1 Å². The van der Waals surface area contributed by atoms with Gasteiger partial charge in [-0.3, -0.25) is 0 Å². The third-order valence-electron chi connectivity index (χ3n) is 8.61. The molecular formula is C35H36Cl2SiZr. The van der Waals surface area contributed by atoms with Gasteiger partial charge in [-0.1, -0.05) is 142 Å². The predicted molar refractivity (Wildman–Crippen MR) is 169 cm³/mol. The van der Waals surface area contributed by atoms with Crippen LogP contribution in [-0.4, -0.2) is 8.07 Å². The van der Waals surface area contributed by atoms with Crippen molar-refractivity contribution >= 4 is 25.1 Å². The van der Waals surface area contributed by atoms with Crippen LogP contribution in [0.25, 0.3) is 22.3 Å². The zero-order chi connectivity index (χ0) is 27.2. The molecule has 0 aromatic heterocycles. The monoisotopic (exact) mass is 644 g/mol. The van der Waals surface area contributed by atoms with Gasteiger partial charge in [-0.25, -0.2) is 0 Å². The Kier molecular flexibility index (Phi) is 9.83. The fraction of sp³-hybridized carbons (Fsp3) is 0.257. The van der Waals surface area contributed by atoms with E-state index in [1.54, 1.807) is 0 Å². The van der Waals surface area contributed by atoms with E-state index in [-0.39, 0.29) is 0 Å². The van der Waals surface area contributed by atoms with Crippen molar-refractivity contribution in [1.29, 1.82) is 0 Å². The zero-order valence-electron chi connectivity index (χ0n) is 22.8. The number of hydrogen-bond acceptors (Lipinski definition) is 0. The van der Waals surface area contributed by atoms with Gasteiger partial charge in [0.1, 0.15) is 0 Å². The number of benzene rings is 4. The molecule has 39 heavy (non-hydrogen) atoms. The second-order valence-corrected chi connectivity index (χ2v) is 18.9. The van der Waals surface area contributed by atoms with Crippen LogP contribution in [0.2, 0.25) is 6.55 Å². The SMILES string of the molecule is CCCCCC/C=C/[Si](C)(C1c2ccccc2-c2ccccc21)C1c2ccccc2-c2ccccc21.[Cl][Zr][Cl]. The molecule has 0 atom stereocenters. The van der Waals surface area contributed by atoms with Crippen molar-refractivity contribution in [2.45, 2.75) is 56.7 Å². The maximum atomic E-state index is 4.93. The summed E-state index contributed by atoms with van der Waals surface area (Å²) in [5.41, 5.74) is 15.5. The van der Waals surface area contributed by atoms with E-state index in [4.69, 9.17) is 17.0 Å². The Labute approximate surface area is 254 Å². The molecule has 0 amide bonds. The molecule has 4 heteroatoms. The van der Waals surface area contributed by atoms with Gasteiger partial charge in [0.25, 0.3) is 0 Å². The van der Waals surface area contributed by atoms with Gasteiger partial charge in [0.2, 0.25) is 0 Å². The van der Waals surface area contributed by atoms with Gasteiger partial charge in [-0.15, -0.1) is 0 Å². The average molecular weight is 647 g/mol. The molecule has 4 aromatic carbocycles. The van der Waals surface area contributed by atoms with Crippen LogP contribution in [0.5, 0.6) is 0 Å². The number of unbranched alkanes of at least 4 members (excludes halogenated alkanes) is 4. The average Bonchev–Trinajstić information content (AvgIpc) is 3.49. The molecule has 0 radical (unpaired) electrons. The third-order valence-corrected chi connectivity index (χ3v) is 13.3. The van der Waals surface area contributed by atoms with Crippen molar-refractivity contribution in [3.8, 4) is 22.3 Å². The summed E-state index contributed by atoms with van der Waals surface area (Å²) in [5.74, 6) is 0. The van der Waals surface area contributed by atoms with E-state index < -0.39 is 28.9 Å². The Bertz CT molecular complexity index is 1260. The second-order valence-electron chi connectivity index (χ2n) is 10.9. The normalized spacial score (nSPS) is 13.8. The molecule has 2 aliphatic carbocycles. The van der Waals surface area contributed by atoms with Crippen LogP contribution >= 0.6 is 17.0 Å². The van der Waals surface area contributed by atoms with E-state index in [9.17, 15) is 0 Å². The van der Waals surface area contributed by atoms with Crippen molar-refractivity contribution in [3.05, 3.63) is 131 Å². The first-order valence-corrected chi connectivity index (χ1v) is 23.2. The number of fused-ring (bicyclic) bond motifs is 6. The summed E-state index contributed by atoms with van der Waals surface area (Å²) in [6, 6.07) is 36.8. The van der Waals surface area contributed by atoms with E-state index in [1.807, 2.05) is 0 Å². The topological polar surface area (TPSA) is 0 Å². The minimum absolute atomic E-state index is 0.445. The van der Waals surface area contributed by atoms with Gasteiger partial charge in [-0.05, 0) is 57.3 Å².